The molecule has 1 aromatic rings. The number of Topliss-reactive ketones (excluding diaryl/α,β-unsaturated/α-hetero) is 1. The molecule has 13 heteroatoms. The number of nitrogens with one attached hydrogen (secondary N) is 1. The largest absolute Gasteiger partial charge is 0.390 e. The number of nitrogens with zero attached hydrogens (tertiary/aromatic N) is 1. The lowest BCUT2D eigenvalue weighted by molar-refractivity contribution is -0.384. The number of carbonyl (C=O) groups is 3. The van der Waals surface area contributed by atoms with Crippen molar-refractivity contribution in [2.45, 2.75) is 87.2 Å². The van der Waals surface area contributed by atoms with E-state index in [0.29, 0.717) is 24.8 Å². The standard InChI is InChI=1S/C33H38Cl2FN2O8/c1-17-14-23-22-9-6-19-15-21(39)12-13-30(19,2)32(22,36)26(41)16-31(23,3)33(17,44)25(40)11-10-24(37-29(43)28(34)35)27(42)18-4-7-20(8-5-18)38(45)46/h4-5,7-8,11-13,15,17,22-24,26-28,41-42,44H,6,9-10,14,16H2,1-3H3,(H,37,43)/t17-,22-,23-,24+,26-,27+,30-,31-,32-,33-/m0/s1. The van der Waals surface area contributed by atoms with E-state index in [1.807, 2.05) is 0 Å². The number of halogens is 3. The van der Waals surface area contributed by atoms with Crippen LogP contribution < -0.4 is 5.32 Å². The maximum atomic E-state index is 17.5. The van der Waals surface area contributed by atoms with Crippen LogP contribution in [0, 0.1) is 45.1 Å². The fourth-order valence-electron chi connectivity index (χ4n) is 9.00. The Labute approximate surface area is 276 Å². The highest BCUT2D eigenvalue weighted by Crippen LogP contribution is 2.70. The number of carbonyl (C=O) groups excluding carboxylic acids is 3. The highest BCUT2D eigenvalue weighted by Gasteiger charge is 2.75. The summed E-state index contributed by atoms with van der Waals surface area (Å²) >= 11 is 11.4. The van der Waals surface area contributed by atoms with Crippen molar-refractivity contribution in [1.29, 1.82) is 0 Å². The first-order valence-electron chi connectivity index (χ1n) is 15.3. The number of allylic oxidation sites excluding steroid dienone is 4. The molecule has 5 rings (SSSR count). The van der Waals surface area contributed by atoms with Crippen molar-refractivity contribution in [3.8, 4) is 0 Å². The number of aliphatic hydroxyl groups excluding tert-OH is 2. The quantitative estimate of drug-likeness (QED) is 0.169. The van der Waals surface area contributed by atoms with Crippen molar-refractivity contribution in [2.75, 3.05) is 0 Å². The smallest absolute Gasteiger partial charge is 0.269 e. The van der Waals surface area contributed by atoms with Gasteiger partial charge in [0.15, 0.2) is 22.1 Å². The zero-order chi connectivity index (χ0) is 34.0. The molecule has 10 atom stereocenters. The molecule has 1 aromatic carbocycles. The number of alkyl halides is 3. The summed E-state index contributed by atoms with van der Waals surface area (Å²) in [6, 6.07) is 3.84. The summed E-state index contributed by atoms with van der Waals surface area (Å²) in [5.41, 5.74) is -5.94. The minimum absolute atomic E-state index is 0.207. The van der Waals surface area contributed by atoms with Gasteiger partial charge in [0.1, 0.15) is 5.60 Å². The van der Waals surface area contributed by atoms with E-state index in [0.717, 1.165) is 0 Å². The number of ketones is 2. The number of aliphatic hydroxyl groups is 3. The van der Waals surface area contributed by atoms with Gasteiger partial charge in [-0.25, -0.2) is 4.39 Å². The van der Waals surface area contributed by atoms with Gasteiger partial charge in [-0.15, -0.1) is 0 Å². The second kappa shape index (κ2) is 12.1. The van der Waals surface area contributed by atoms with Gasteiger partial charge in [-0.1, -0.05) is 48.7 Å². The van der Waals surface area contributed by atoms with Gasteiger partial charge in [0, 0.05) is 35.3 Å². The number of nitro groups is 1. The van der Waals surface area contributed by atoms with Gasteiger partial charge >= 0.3 is 0 Å². The molecule has 4 aliphatic carbocycles. The highest BCUT2D eigenvalue weighted by atomic mass is 35.5. The minimum atomic E-state index is -2.12. The van der Waals surface area contributed by atoms with E-state index in [9.17, 15) is 39.8 Å². The van der Waals surface area contributed by atoms with Crippen LogP contribution in [0.2, 0.25) is 0 Å². The fraction of sp³-hybridized carbons (Fsp3) is 0.576. The van der Waals surface area contributed by atoms with Crippen molar-refractivity contribution in [3.05, 3.63) is 70.2 Å². The topological polar surface area (TPSA) is 167 Å². The molecular weight excluding hydrogens is 642 g/mol. The molecule has 4 aliphatic rings. The molecular formula is C33H38Cl2FN2O8. The van der Waals surface area contributed by atoms with Gasteiger partial charge in [0.05, 0.1) is 23.2 Å². The van der Waals surface area contributed by atoms with E-state index in [4.69, 9.17) is 23.2 Å². The lowest BCUT2D eigenvalue weighted by Gasteiger charge is -2.62. The van der Waals surface area contributed by atoms with Gasteiger partial charge in [0.25, 0.3) is 11.6 Å². The van der Waals surface area contributed by atoms with Crippen molar-refractivity contribution in [2.24, 2.45) is 28.6 Å². The Morgan fingerprint density at radius 3 is 2.48 bits per heavy atom. The van der Waals surface area contributed by atoms with Gasteiger partial charge < -0.3 is 20.6 Å². The molecule has 249 valence electrons. The maximum Gasteiger partial charge on any atom is 0.269 e. The number of hydrogen-bond donors (Lipinski definition) is 4. The summed E-state index contributed by atoms with van der Waals surface area (Å²) in [5.74, 6) is -3.57. The predicted molar refractivity (Wildman–Crippen MR) is 167 cm³/mol. The molecule has 46 heavy (non-hydrogen) atoms. The zero-order valence-corrected chi connectivity index (χ0v) is 27.2. The maximum absolute atomic E-state index is 17.5. The first kappa shape index (κ1) is 34.6. The number of fused-ring (bicyclic) bond motifs is 5. The van der Waals surface area contributed by atoms with Crippen molar-refractivity contribution in [3.63, 3.8) is 0 Å². The summed E-state index contributed by atoms with van der Waals surface area (Å²) in [6.45, 7) is 5.12. The van der Waals surface area contributed by atoms with E-state index in [2.05, 4.69) is 5.32 Å². The second-order valence-electron chi connectivity index (χ2n) is 13.7. The van der Waals surface area contributed by atoms with E-state index in [1.165, 1.54) is 42.8 Å². The summed E-state index contributed by atoms with van der Waals surface area (Å²) < 4.78 is 17.5. The van der Waals surface area contributed by atoms with Crippen LogP contribution in [-0.2, 0) is 14.4 Å². The number of non-ortho nitro benzene ring substituents is 1. The van der Waals surface area contributed by atoms with Crippen molar-refractivity contribution in [1.82, 2.24) is 5.32 Å². The Morgan fingerprint density at radius 1 is 1.22 bits per heavy atom. The number of hydrogen-bond acceptors (Lipinski definition) is 8. The Bertz CT molecular complexity index is 1500. The second-order valence-corrected chi connectivity index (χ2v) is 14.8. The summed E-state index contributed by atoms with van der Waals surface area (Å²) in [7, 11) is 0. The molecule has 3 saturated carbocycles. The van der Waals surface area contributed by atoms with E-state index in [-0.39, 0.29) is 29.9 Å². The summed E-state index contributed by atoms with van der Waals surface area (Å²) in [6.07, 6.45) is 3.12. The van der Waals surface area contributed by atoms with Crippen LogP contribution in [0.25, 0.3) is 0 Å². The molecule has 0 bridgehead atoms. The normalized spacial score (nSPS) is 37.9. The van der Waals surface area contributed by atoms with Crippen molar-refractivity contribution >= 4 is 46.4 Å². The van der Waals surface area contributed by atoms with Crippen LogP contribution in [-0.4, -0.2) is 66.0 Å². The third kappa shape index (κ3) is 5.13. The van der Waals surface area contributed by atoms with Crippen molar-refractivity contribution < 1.29 is 39.0 Å². The number of nitro benzene ring substituents is 1. The molecule has 4 N–H and O–H groups in total. The summed E-state index contributed by atoms with van der Waals surface area (Å²) in [4.78, 5) is 47.6. The molecule has 3 fully saturated rings. The van der Waals surface area contributed by atoms with Crippen LogP contribution in [0.4, 0.5) is 10.1 Å². The minimum Gasteiger partial charge on any atom is -0.390 e. The Balaban J connectivity index is 1.40. The molecule has 0 heterocycles. The number of benzene rings is 1. The molecule has 0 saturated heterocycles. The Hall–Kier alpha value is -2.70. The average Bonchev–Trinajstić information content (AvgIpc) is 3.21. The average molecular weight is 681 g/mol. The van der Waals surface area contributed by atoms with Gasteiger partial charge in [-0.3, -0.25) is 24.5 Å². The van der Waals surface area contributed by atoms with E-state index >= 15 is 4.39 Å². The molecule has 0 unspecified atom stereocenters. The van der Waals surface area contributed by atoms with E-state index in [1.54, 1.807) is 26.8 Å². The number of amides is 1. The Kier molecular flexibility index (Phi) is 9.09. The lowest BCUT2D eigenvalue weighted by atomic mass is 9.44. The SMILES string of the molecule is C[C@H]1C[C@H]2[C@@H]3CCC4=CC(=O)C=C[C@]4(C)[C@@]3(F)[C@@H](O)C[C@]2(C)[C@@]1(O)C(=O)[CH]C[C@@H](NC(=O)C(Cl)Cl)[C@H](O)c1ccc([N+](=O)[O-])cc1. The van der Waals surface area contributed by atoms with Gasteiger partial charge in [-0.05, 0) is 80.7 Å². The highest BCUT2D eigenvalue weighted by molar-refractivity contribution is 6.53. The monoisotopic (exact) mass is 679 g/mol. The lowest BCUT2D eigenvalue weighted by Crippen LogP contribution is -2.69. The number of rotatable bonds is 9. The molecule has 0 spiro atoms. The van der Waals surface area contributed by atoms with Gasteiger partial charge in [-0.2, -0.15) is 0 Å². The molecule has 10 nitrogen and oxygen atoms in total. The third-order valence-corrected chi connectivity index (χ3v) is 11.9. The third-order valence-electron chi connectivity index (χ3n) is 11.5. The zero-order valence-electron chi connectivity index (χ0n) is 25.7. The Morgan fingerprint density at radius 2 is 1.87 bits per heavy atom. The van der Waals surface area contributed by atoms with Crippen LogP contribution in [0.5, 0.6) is 0 Å². The fourth-order valence-corrected chi connectivity index (χ4v) is 9.13. The van der Waals surface area contributed by atoms with Crippen LogP contribution >= 0.6 is 23.2 Å². The molecule has 0 aliphatic heterocycles. The molecule has 1 amide bonds. The van der Waals surface area contributed by atoms with E-state index < -0.39 is 79.6 Å². The van der Waals surface area contributed by atoms with Crippen LogP contribution in [0.15, 0.2) is 48.1 Å². The first-order valence-corrected chi connectivity index (χ1v) is 16.2. The molecule has 0 aromatic heterocycles. The van der Waals surface area contributed by atoms with Crippen LogP contribution in [0.3, 0.4) is 0 Å². The van der Waals surface area contributed by atoms with Gasteiger partial charge in [0.2, 0.25) is 0 Å². The molecule has 1 radical (unpaired) electrons. The predicted octanol–water partition coefficient (Wildman–Crippen LogP) is 4.43. The summed E-state index contributed by atoms with van der Waals surface area (Å²) in [5, 5.41) is 48.5. The first-order chi connectivity index (χ1) is 21.4. The van der Waals surface area contributed by atoms with Crippen LogP contribution in [0.1, 0.15) is 64.5 Å².